The van der Waals surface area contributed by atoms with E-state index in [-0.39, 0.29) is 0 Å². The lowest BCUT2D eigenvalue weighted by atomic mass is 9.81. The third kappa shape index (κ3) is 2.65. The van der Waals surface area contributed by atoms with E-state index >= 15 is 0 Å². The van der Waals surface area contributed by atoms with Gasteiger partial charge in [-0.05, 0) is 52.7 Å². The average Bonchev–Trinajstić information content (AvgIpc) is 2.80. The number of amides is 2. The van der Waals surface area contributed by atoms with Crippen molar-refractivity contribution in [3.8, 4) is 0 Å². The van der Waals surface area contributed by atoms with Gasteiger partial charge in [0.15, 0.2) is 5.78 Å². The summed E-state index contributed by atoms with van der Waals surface area (Å²) in [6.07, 6.45) is 0. The second kappa shape index (κ2) is 6.34. The zero-order valence-electron chi connectivity index (χ0n) is 16.7. The van der Waals surface area contributed by atoms with E-state index < -0.39 is 45.3 Å². The number of nitrogens with one attached hydrogen (secondary N) is 1. The molecular weight excluding hydrogens is 380 g/mol. The Morgan fingerprint density at radius 3 is 2.14 bits per heavy atom. The molecule has 2 N–H and O–H groups in total. The molecule has 150 valence electrons. The quantitative estimate of drug-likeness (QED) is 0.586. The maximum atomic E-state index is 13.1. The fraction of sp³-hybridized carbons (Fsp3) is 0.500. The topological polar surface area (TPSA) is 104 Å². The van der Waals surface area contributed by atoms with Crippen LogP contribution >= 0.6 is 11.8 Å². The molecule has 0 radical (unpaired) electrons. The van der Waals surface area contributed by atoms with Crippen LogP contribution in [0.15, 0.2) is 12.1 Å². The predicted octanol–water partition coefficient (Wildman–Crippen LogP) is 1.82. The largest absolute Gasteiger partial charge is 0.480 e. The van der Waals surface area contributed by atoms with Crippen LogP contribution in [-0.4, -0.2) is 55.3 Å². The number of hydrogen-bond acceptors (Lipinski definition) is 5. The number of hydrogen-bond donors (Lipinski definition) is 2. The van der Waals surface area contributed by atoms with Gasteiger partial charge in [-0.15, -0.1) is 11.8 Å². The van der Waals surface area contributed by atoms with Crippen molar-refractivity contribution in [1.29, 1.82) is 0 Å². The zero-order chi connectivity index (χ0) is 21.2. The number of nitrogens with zero attached hydrogens (tertiary/aromatic N) is 1. The van der Waals surface area contributed by atoms with Crippen molar-refractivity contribution < 1.29 is 24.3 Å². The molecule has 2 saturated heterocycles. The van der Waals surface area contributed by atoms with E-state index in [0.717, 1.165) is 16.7 Å². The molecule has 1 aromatic rings. The molecule has 7 nitrogen and oxygen atoms in total. The maximum Gasteiger partial charge on any atom is 0.327 e. The fourth-order valence-corrected chi connectivity index (χ4v) is 6.12. The van der Waals surface area contributed by atoms with Gasteiger partial charge < -0.3 is 15.3 Å². The molecule has 2 amide bonds. The van der Waals surface area contributed by atoms with Crippen LogP contribution in [0.4, 0.5) is 0 Å². The lowest BCUT2D eigenvalue weighted by Crippen LogP contribution is -2.82. The normalized spacial score (nSPS) is 27.8. The molecule has 1 unspecified atom stereocenters. The van der Waals surface area contributed by atoms with Crippen molar-refractivity contribution >= 4 is 35.3 Å². The van der Waals surface area contributed by atoms with Gasteiger partial charge in [0, 0.05) is 10.3 Å². The third-order valence-electron chi connectivity index (χ3n) is 5.55. The molecule has 2 aliphatic heterocycles. The van der Waals surface area contributed by atoms with Crippen molar-refractivity contribution in [3.63, 3.8) is 0 Å². The third-order valence-corrected chi connectivity index (χ3v) is 7.19. The first kappa shape index (κ1) is 20.4. The van der Waals surface area contributed by atoms with E-state index in [4.69, 9.17) is 0 Å². The molecule has 2 aliphatic rings. The Labute approximate surface area is 167 Å². The Hall–Kier alpha value is -2.35. The molecule has 1 aromatic carbocycles. The number of β-lactam (4-membered cyclic amide) rings is 1. The summed E-state index contributed by atoms with van der Waals surface area (Å²) in [5.74, 6) is -2.78. The number of carbonyl (C=O) groups is 4. The predicted molar refractivity (Wildman–Crippen MR) is 105 cm³/mol. The van der Waals surface area contributed by atoms with Crippen molar-refractivity contribution in [2.45, 2.75) is 63.2 Å². The molecule has 2 fully saturated rings. The first-order chi connectivity index (χ1) is 12.8. The number of aryl methyl sites for hydroxylation is 3. The van der Waals surface area contributed by atoms with Crippen LogP contribution in [0.5, 0.6) is 0 Å². The van der Waals surface area contributed by atoms with E-state index in [1.165, 1.54) is 23.6 Å². The van der Waals surface area contributed by atoms with Gasteiger partial charge in [0.2, 0.25) is 5.54 Å². The summed E-state index contributed by atoms with van der Waals surface area (Å²) in [7, 11) is 0. The van der Waals surface area contributed by atoms with E-state index in [0.29, 0.717) is 5.56 Å². The van der Waals surface area contributed by atoms with Crippen molar-refractivity contribution in [2.75, 3.05) is 0 Å². The molecule has 0 aromatic heterocycles. The number of thioether (sulfide) groups is 1. The summed E-state index contributed by atoms with van der Waals surface area (Å²) >= 11 is 1.23. The molecule has 28 heavy (non-hydrogen) atoms. The van der Waals surface area contributed by atoms with Crippen molar-refractivity contribution in [1.82, 2.24) is 10.2 Å². The fourth-order valence-electron chi connectivity index (χ4n) is 4.37. The number of carboxylic acids is 1. The number of ketones is 1. The summed E-state index contributed by atoms with van der Waals surface area (Å²) in [5.41, 5.74) is 1.19. The number of fused-ring (bicyclic) bond motifs is 1. The molecule has 3 rings (SSSR count). The van der Waals surface area contributed by atoms with Gasteiger partial charge >= 0.3 is 5.97 Å². The Morgan fingerprint density at radius 1 is 1.14 bits per heavy atom. The van der Waals surface area contributed by atoms with Gasteiger partial charge in [-0.2, -0.15) is 0 Å². The van der Waals surface area contributed by atoms with E-state index in [1.807, 2.05) is 19.1 Å². The number of carboxylic acid groups (broad SMARTS) is 1. The molecule has 0 spiro atoms. The molecule has 0 saturated carbocycles. The second-order valence-corrected chi connectivity index (χ2v) is 9.85. The van der Waals surface area contributed by atoms with Crippen molar-refractivity contribution in [2.24, 2.45) is 0 Å². The van der Waals surface area contributed by atoms with E-state index in [2.05, 4.69) is 5.32 Å². The van der Waals surface area contributed by atoms with Crippen LogP contribution in [-0.2, 0) is 14.4 Å². The zero-order valence-corrected chi connectivity index (χ0v) is 17.6. The minimum atomic E-state index is -1.74. The minimum absolute atomic E-state index is 0.425. The Bertz CT molecular complexity index is 902. The highest BCUT2D eigenvalue weighted by atomic mass is 32.2. The van der Waals surface area contributed by atoms with Gasteiger partial charge in [-0.25, -0.2) is 4.79 Å². The number of benzene rings is 1. The van der Waals surface area contributed by atoms with Gasteiger partial charge in [0.05, 0.1) is 0 Å². The number of carbonyl (C=O) groups excluding carboxylic acids is 3. The van der Waals surface area contributed by atoms with Crippen LogP contribution in [0.1, 0.15) is 47.8 Å². The second-order valence-electron chi connectivity index (χ2n) is 8.12. The molecule has 0 bridgehead atoms. The molecule has 0 aliphatic carbocycles. The molecule has 2 heterocycles. The number of aliphatic carboxylic acids is 1. The standard InChI is InChI=1S/C20H24N2O5S/c1-9-7-10(2)13(11(3)8-9)15(24)21-20(12(4)23)17(27)22-14(16(25)26)19(5,6)28-18(20)22/h7-8,14,18H,1-6H3,(H,21,24)(H,25,26)/t14-,18+,20?/m0/s1. The van der Waals surface area contributed by atoms with Gasteiger partial charge in [0.25, 0.3) is 11.8 Å². The highest BCUT2D eigenvalue weighted by molar-refractivity contribution is 8.01. The van der Waals surface area contributed by atoms with Crippen LogP contribution in [0, 0.1) is 20.8 Å². The SMILES string of the molecule is CC(=O)C1(NC(=O)c2c(C)cc(C)cc2C)C(=O)N2[C@@H](C(=O)O)C(C)(C)S[C@@H]21. The monoisotopic (exact) mass is 404 g/mol. The Balaban J connectivity index is 2.00. The maximum absolute atomic E-state index is 13.1. The molecule has 8 heteroatoms. The molecule has 3 atom stereocenters. The lowest BCUT2D eigenvalue weighted by molar-refractivity contribution is -0.170. The summed E-state index contributed by atoms with van der Waals surface area (Å²) in [6.45, 7) is 10.2. The average molecular weight is 404 g/mol. The first-order valence-corrected chi connectivity index (χ1v) is 9.87. The highest BCUT2D eigenvalue weighted by Gasteiger charge is 2.74. The van der Waals surface area contributed by atoms with Crippen LogP contribution in [0.3, 0.4) is 0 Å². The lowest BCUT2D eigenvalue weighted by Gasteiger charge is -2.51. The Kier molecular flexibility index (Phi) is 4.61. The number of Topliss-reactive ketones (excluding diaryl/α,β-unsaturated/α-hetero) is 1. The summed E-state index contributed by atoms with van der Waals surface area (Å²) in [6, 6.07) is 2.68. The first-order valence-electron chi connectivity index (χ1n) is 8.99. The Morgan fingerprint density at radius 2 is 1.68 bits per heavy atom. The molecular formula is C20H24N2O5S. The summed E-state index contributed by atoms with van der Waals surface area (Å²) < 4.78 is -0.788. The van der Waals surface area contributed by atoms with Crippen LogP contribution in [0.2, 0.25) is 0 Å². The van der Waals surface area contributed by atoms with Crippen LogP contribution in [0.25, 0.3) is 0 Å². The minimum Gasteiger partial charge on any atom is -0.480 e. The van der Waals surface area contributed by atoms with E-state index in [9.17, 15) is 24.3 Å². The van der Waals surface area contributed by atoms with Crippen LogP contribution < -0.4 is 5.32 Å². The van der Waals surface area contributed by atoms with Gasteiger partial charge in [-0.1, -0.05) is 17.7 Å². The van der Waals surface area contributed by atoms with Gasteiger partial charge in [0.1, 0.15) is 11.4 Å². The summed E-state index contributed by atoms with van der Waals surface area (Å²) in [5, 5.41) is 11.5. The smallest absolute Gasteiger partial charge is 0.327 e. The van der Waals surface area contributed by atoms with Gasteiger partial charge in [-0.3, -0.25) is 14.4 Å². The van der Waals surface area contributed by atoms with E-state index in [1.54, 1.807) is 27.7 Å². The highest BCUT2D eigenvalue weighted by Crippen LogP contribution is 2.55. The summed E-state index contributed by atoms with van der Waals surface area (Å²) in [4.78, 5) is 51.6. The van der Waals surface area contributed by atoms with Crippen molar-refractivity contribution in [3.05, 3.63) is 34.4 Å². The number of rotatable bonds is 4.